The quantitative estimate of drug-likeness (QED) is 0.765. The number of rotatable bonds is 4. The van der Waals surface area contributed by atoms with Crippen molar-refractivity contribution >= 4 is 11.6 Å². The first-order valence-corrected chi connectivity index (χ1v) is 9.36. The Balaban J connectivity index is 1.47. The molecule has 0 saturated heterocycles. The van der Waals surface area contributed by atoms with Gasteiger partial charge in [0.25, 0.3) is 0 Å². The molecule has 0 atom stereocenters. The van der Waals surface area contributed by atoms with E-state index in [4.69, 9.17) is 4.52 Å². The molecule has 0 unspecified atom stereocenters. The summed E-state index contributed by atoms with van der Waals surface area (Å²) in [5, 5.41) is 15.5. The van der Waals surface area contributed by atoms with Crippen LogP contribution in [-0.4, -0.2) is 25.8 Å². The van der Waals surface area contributed by atoms with E-state index in [0.717, 1.165) is 53.5 Å². The van der Waals surface area contributed by atoms with Crippen LogP contribution in [-0.2, 0) is 24.2 Å². The van der Waals surface area contributed by atoms with Gasteiger partial charge in [0, 0.05) is 29.8 Å². The SMILES string of the molecule is Cc1noc(C)c1CC(=O)Nc1ccc(-c2nnc3n2CCCCC3)cc1. The second-order valence-electron chi connectivity index (χ2n) is 7.01. The molecule has 1 N–H and O–H groups in total. The van der Waals surface area contributed by atoms with Crippen molar-refractivity contribution in [1.82, 2.24) is 19.9 Å². The lowest BCUT2D eigenvalue weighted by Gasteiger charge is -2.09. The van der Waals surface area contributed by atoms with E-state index in [2.05, 4.69) is 25.2 Å². The maximum atomic E-state index is 12.3. The van der Waals surface area contributed by atoms with Crippen LogP contribution in [0.3, 0.4) is 0 Å². The Labute approximate surface area is 157 Å². The Hall–Kier alpha value is -2.96. The molecule has 3 aromatic rings. The Morgan fingerprint density at radius 2 is 1.96 bits per heavy atom. The molecule has 0 fully saturated rings. The van der Waals surface area contributed by atoms with E-state index in [-0.39, 0.29) is 12.3 Å². The minimum absolute atomic E-state index is 0.0894. The Bertz CT molecular complexity index is 936. The van der Waals surface area contributed by atoms with Gasteiger partial charge in [0.2, 0.25) is 5.91 Å². The lowest BCUT2D eigenvalue weighted by Crippen LogP contribution is -2.15. The smallest absolute Gasteiger partial charge is 0.228 e. The highest BCUT2D eigenvalue weighted by molar-refractivity contribution is 5.92. The highest BCUT2D eigenvalue weighted by atomic mass is 16.5. The summed E-state index contributed by atoms with van der Waals surface area (Å²) in [4.78, 5) is 12.3. The van der Waals surface area contributed by atoms with E-state index in [1.807, 2.05) is 38.1 Å². The van der Waals surface area contributed by atoms with Crippen LogP contribution in [0, 0.1) is 13.8 Å². The molecule has 0 aliphatic carbocycles. The number of hydrogen-bond donors (Lipinski definition) is 1. The molecule has 3 heterocycles. The first-order chi connectivity index (χ1) is 13.1. The summed E-state index contributed by atoms with van der Waals surface area (Å²) < 4.78 is 7.33. The van der Waals surface area contributed by atoms with Gasteiger partial charge in [0.1, 0.15) is 11.6 Å². The molecule has 0 bridgehead atoms. The van der Waals surface area contributed by atoms with Gasteiger partial charge in [-0.15, -0.1) is 10.2 Å². The second kappa shape index (κ2) is 7.34. The Morgan fingerprint density at radius 1 is 1.15 bits per heavy atom. The molecule has 1 aliphatic rings. The van der Waals surface area contributed by atoms with Gasteiger partial charge in [0.05, 0.1) is 12.1 Å². The van der Waals surface area contributed by atoms with E-state index in [1.165, 1.54) is 12.8 Å². The first kappa shape index (κ1) is 17.5. The van der Waals surface area contributed by atoms with E-state index in [0.29, 0.717) is 5.76 Å². The average Bonchev–Trinajstić information content (AvgIpc) is 3.11. The molecule has 1 amide bonds. The third kappa shape index (κ3) is 3.63. The van der Waals surface area contributed by atoms with Crippen molar-refractivity contribution in [3.05, 3.63) is 47.1 Å². The molecule has 7 heteroatoms. The lowest BCUT2D eigenvalue weighted by atomic mass is 10.1. The zero-order valence-corrected chi connectivity index (χ0v) is 15.7. The van der Waals surface area contributed by atoms with Gasteiger partial charge in [0.15, 0.2) is 5.82 Å². The third-order valence-electron chi connectivity index (χ3n) is 5.05. The van der Waals surface area contributed by atoms with Gasteiger partial charge in [-0.2, -0.15) is 0 Å². The summed E-state index contributed by atoms with van der Waals surface area (Å²) in [7, 11) is 0. The number of benzene rings is 1. The van der Waals surface area contributed by atoms with Crippen LogP contribution >= 0.6 is 0 Å². The number of carbonyl (C=O) groups is 1. The summed E-state index contributed by atoms with van der Waals surface area (Å²) in [5.41, 5.74) is 3.37. The van der Waals surface area contributed by atoms with Crippen molar-refractivity contribution in [2.75, 3.05) is 5.32 Å². The summed E-state index contributed by atoms with van der Waals surface area (Å²) in [6.07, 6.45) is 4.81. The van der Waals surface area contributed by atoms with Crippen LogP contribution < -0.4 is 5.32 Å². The molecule has 27 heavy (non-hydrogen) atoms. The fraction of sp³-hybridized carbons (Fsp3) is 0.400. The average molecular weight is 365 g/mol. The summed E-state index contributed by atoms with van der Waals surface area (Å²) in [6.45, 7) is 4.63. The molecular formula is C20H23N5O2. The molecule has 0 saturated carbocycles. The molecule has 140 valence electrons. The summed E-state index contributed by atoms with van der Waals surface area (Å²) >= 11 is 0. The van der Waals surface area contributed by atoms with Gasteiger partial charge < -0.3 is 14.4 Å². The predicted octanol–water partition coefficient (Wildman–Crippen LogP) is 3.46. The fourth-order valence-electron chi connectivity index (χ4n) is 3.52. The predicted molar refractivity (Wildman–Crippen MR) is 101 cm³/mol. The van der Waals surface area contributed by atoms with Crippen molar-refractivity contribution in [2.45, 2.75) is 52.5 Å². The fourth-order valence-corrected chi connectivity index (χ4v) is 3.52. The number of anilines is 1. The molecule has 0 radical (unpaired) electrons. The minimum Gasteiger partial charge on any atom is -0.361 e. The van der Waals surface area contributed by atoms with Crippen molar-refractivity contribution in [3.63, 3.8) is 0 Å². The van der Waals surface area contributed by atoms with E-state index < -0.39 is 0 Å². The van der Waals surface area contributed by atoms with Gasteiger partial charge in [-0.1, -0.05) is 11.6 Å². The molecule has 4 rings (SSSR count). The monoisotopic (exact) mass is 365 g/mol. The first-order valence-electron chi connectivity index (χ1n) is 9.36. The summed E-state index contributed by atoms with van der Waals surface area (Å²) in [5.74, 6) is 2.57. The number of amides is 1. The maximum Gasteiger partial charge on any atom is 0.228 e. The van der Waals surface area contributed by atoms with Gasteiger partial charge in [-0.05, 0) is 51.0 Å². The van der Waals surface area contributed by atoms with Crippen LogP contribution in [0.25, 0.3) is 11.4 Å². The Kier molecular flexibility index (Phi) is 4.75. The normalized spacial score (nSPS) is 13.9. The number of aromatic nitrogens is 4. The molecule has 1 aromatic carbocycles. The highest BCUT2D eigenvalue weighted by Crippen LogP contribution is 2.24. The zero-order chi connectivity index (χ0) is 18.8. The largest absolute Gasteiger partial charge is 0.361 e. The molecule has 0 spiro atoms. The van der Waals surface area contributed by atoms with Crippen molar-refractivity contribution in [2.24, 2.45) is 0 Å². The number of carbonyl (C=O) groups excluding carboxylic acids is 1. The minimum atomic E-state index is -0.0894. The van der Waals surface area contributed by atoms with Gasteiger partial charge in [-0.3, -0.25) is 4.79 Å². The number of fused-ring (bicyclic) bond motifs is 1. The number of aryl methyl sites for hydroxylation is 3. The molecular weight excluding hydrogens is 342 g/mol. The number of nitrogens with one attached hydrogen (secondary N) is 1. The third-order valence-corrected chi connectivity index (χ3v) is 5.05. The van der Waals surface area contributed by atoms with E-state index in [9.17, 15) is 4.79 Å². The zero-order valence-electron chi connectivity index (χ0n) is 15.7. The standard InChI is InChI=1S/C20H23N5O2/c1-13-17(14(2)27-24-13)12-19(26)21-16-9-7-15(8-10-16)20-23-22-18-6-4-3-5-11-25(18)20/h7-10H,3-6,11-12H2,1-2H3,(H,21,26). The van der Waals surface area contributed by atoms with Crippen LogP contribution in [0.15, 0.2) is 28.8 Å². The van der Waals surface area contributed by atoms with Crippen LogP contribution in [0.1, 0.15) is 42.1 Å². The Morgan fingerprint density at radius 3 is 2.70 bits per heavy atom. The topological polar surface area (TPSA) is 85.8 Å². The van der Waals surface area contributed by atoms with Gasteiger partial charge >= 0.3 is 0 Å². The molecule has 2 aromatic heterocycles. The van der Waals surface area contributed by atoms with Crippen molar-refractivity contribution in [3.8, 4) is 11.4 Å². The van der Waals surface area contributed by atoms with Crippen molar-refractivity contribution < 1.29 is 9.32 Å². The molecule has 7 nitrogen and oxygen atoms in total. The van der Waals surface area contributed by atoms with E-state index in [1.54, 1.807) is 0 Å². The summed E-state index contributed by atoms with van der Waals surface area (Å²) in [6, 6.07) is 7.76. The number of nitrogens with zero attached hydrogens (tertiary/aromatic N) is 4. The molecule has 1 aliphatic heterocycles. The van der Waals surface area contributed by atoms with Crippen LogP contribution in [0.2, 0.25) is 0 Å². The highest BCUT2D eigenvalue weighted by Gasteiger charge is 2.16. The van der Waals surface area contributed by atoms with Gasteiger partial charge in [-0.25, -0.2) is 0 Å². The second-order valence-corrected chi connectivity index (χ2v) is 7.01. The van der Waals surface area contributed by atoms with E-state index >= 15 is 0 Å². The number of hydrogen-bond acceptors (Lipinski definition) is 5. The lowest BCUT2D eigenvalue weighted by molar-refractivity contribution is -0.115. The van der Waals surface area contributed by atoms with Crippen LogP contribution in [0.4, 0.5) is 5.69 Å². The van der Waals surface area contributed by atoms with Crippen LogP contribution in [0.5, 0.6) is 0 Å². The van der Waals surface area contributed by atoms with Crippen molar-refractivity contribution in [1.29, 1.82) is 0 Å². The maximum absolute atomic E-state index is 12.3.